The third-order valence-electron chi connectivity index (χ3n) is 11.4. The molecule has 0 bridgehead atoms. The number of nitrogens with one attached hydrogen (secondary N) is 2. The van der Waals surface area contributed by atoms with Crippen molar-refractivity contribution in [2.24, 2.45) is 0 Å². The third-order valence-corrected chi connectivity index (χ3v) is 11.4. The summed E-state index contributed by atoms with van der Waals surface area (Å²) in [6.45, 7) is 8.78. The fourth-order valence-corrected chi connectivity index (χ4v) is 7.98. The van der Waals surface area contributed by atoms with Gasteiger partial charge >= 0.3 is 0 Å². The van der Waals surface area contributed by atoms with Gasteiger partial charge in [0.2, 0.25) is 11.7 Å². The zero-order chi connectivity index (χ0) is 36.0. The van der Waals surface area contributed by atoms with E-state index in [0.29, 0.717) is 6.42 Å². The molecule has 1 heterocycles. The van der Waals surface area contributed by atoms with Crippen molar-refractivity contribution in [2.75, 3.05) is 13.1 Å². The Kier molecular flexibility index (Phi) is 35.4. The van der Waals surface area contributed by atoms with Crippen molar-refractivity contribution in [2.45, 2.75) is 271 Å². The molecule has 1 aliphatic heterocycles. The average molecular weight is 703 g/mol. The van der Waals surface area contributed by atoms with Crippen molar-refractivity contribution in [1.29, 1.82) is 0 Å². The van der Waals surface area contributed by atoms with Crippen LogP contribution in [0.2, 0.25) is 0 Å². The molecule has 296 valence electrons. The van der Waals surface area contributed by atoms with Crippen LogP contribution in [0.25, 0.3) is 0 Å². The summed E-state index contributed by atoms with van der Waals surface area (Å²) in [6, 6.07) is 0. The van der Waals surface area contributed by atoms with E-state index in [-0.39, 0.29) is 12.1 Å². The van der Waals surface area contributed by atoms with Crippen LogP contribution in [0.1, 0.15) is 265 Å². The van der Waals surface area contributed by atoms with Crippen LogP contribution in [-0.4, -0.2) is 35.6 Å². The summed E-state index contributed by atoms with van der Waals surface area (Å²) in [5.41, 5.74) is 0. The van der Waals surface area contributed by atoms with Gasteiger partial charge in [-0.15, -0.1) is 0 Å². The van der Waals surface area contributed by atoms with Gasteiger partial charge in [-0.1, -0.05) is 232 Å². The number of amidine groups is 1. The molecule has 4 nitrogen and oxygen atoms in total. The summed E-state index contributed by atoms with van der Waals surface area (Å²) in [5.74, 6) is 1.58. The second-order valence-electron chi connectivity index (χ2n) is 16.3. The third kappa shape index (κ3) is 30.6. The molecule has 1 atom stereocenters. The first-order chi connectivity index (χ1) is 24.7. The van der Waals surface area contributed by atoms with E-state index in [1.54, 1.807) is 0 Å². The number of nitrogens with zero attached hydrogens (tertiary/aromatic N) is 1. The minimum absolute atomic E-state index is 0.0959. The van der Waals surface area contributed by atoms with E-state index in [2.05, 4.69) is 36.0 Å². The highest BCUT2D eigenvalue weighted by atomic mass is 16.1. The maximum Gasteiger partial charge on any atom is 0.246 e. The van der Waals surface area contributed by atoms with Crippen LogP contribution >= 0.6 is 0 Å². The number of unbranched alkanes of at least 4 members (excludes halogenated alkanes) is 34. The lowest BCUT2D eigenvalue weighted by Gasteiger charge is -2.15. The number of amides is 1. The first-order valence-electron chi connectivity index (χ1n) is 23.3. The fourth-order valence-electron chi connectivity index (χ4n) is 7.98. The summed E-state index contributed by atoms with van der Waals surface area (Å²) in [7, 11) is 0. The van der Waals surface area contributed by atoms with Crippen molar-refractivity contribution in [1.82, 2.24) is 10.6 Å². The lowest BCUT2D eigenvalue weighted by Crippen LogP contribution is -2.42. The molecule has 0 aromatic carbocycles. The molecule has 1 unspecified atom stereocenters. The van der Waals surface area contributed by atoms with E-state index in [1.807, 2.05) is 0 Å². The van der Waals surface area contributed by atoms with Gasteiger partial charge in [-0.05, 0) is 19.8 Å². The van der Waals surface area contributed by atoms with Crippen LogP contribution < -0.4 is 10.6 Å². The van der Waals surface area contributed by atoms with E-state index < -0.39 is 0 Å². The van der Waals surface area contributed by atoms with E-state index in [0.717, 1.165) is 25.9 Å². The molecule has 0 aliphatic carbocycles. The first kappa shape index (κ1) is 47.0. The van der Waals surface area contributed by atoms with Crippen molar-refractivity contribution >= 4 is 11.7 Å². The van der Waals surface area contributed by atoms with Gasteiger partial charge in [0.25, 0.3) is 0 Å². The predicted molar refractivity (Wildman–Crippen MR) is 223 cm³/mol. The monoisotopic (exact) mass is 703 g/mol. The Morgan fingerprint density at radius 3 is 1.14 bits per heavy atom. The predicted octanol–water partition coefficient (Wildman–Crippen LogP) is 14.3. The number of hydrogen-bond donors (Lipinski definition) is 2. The maximum atomic E-state index is 12.7. The molecular formula is C46H92N3O+. The molecule has 0 radical (unpaired) electrons. The van der Waals surface area contributed by atoms with Crippen molar-refractivity contribution < 1.29 is 9.37 Å². The number of carbonyl (C=O) groups excluding carboxylic acids is 1. The lowest BCUT2D eigenvalue weighted by molar-refractivity contribution is -0.558. The average Bonchev–Trinajstić information content (AvgIpc) is 3.59. The van der Waals surface area contributed by atoms with Gasteiger partial charge in [-0.2, -0.15) is 0 Å². The maximum absolute atomic E-state index is 12.7. The molecule has 1 amide bonds. The molecule has 0 aromatic rings. The Morgan fingerprint density at radius 2 is 0.800 bits per heavy atom. The molecule has 1 rings (SSSR count). The Hall–Kier alpha value is -1.06. The second kappa shape index (κ2) is 37.7. The summed E-state index contributed by atoms with van der Waals surface area (Å²) in [4.78, 5) is 12.7. The largest absolute Gasteiger partial charge is 0.318 e. The molecule has 2 N–H and O–H groups in total. The smallest absolute Gasteiger partial charge is 0.246 e. The van der Waals surface area contributed by atoms with Gasteiger partial charge in [0.05, 0.1) is 0 Å². The lowest BCUT2D eigenvalue weighted by atomic mass is 10.0. The van der Waals surface area contributed by atoms with E-state index in [1.165, 1.54) is 231 Å². The van der Waals surface area contributed by atoms with Gasteiger partial charge in [0, 0.05) is 12.8 Å². The highest BCUT2D eigenvalue weighted by molar-refractivity contribution is 5.79. The van der Waals surface area contributed by atoms with E-state index in [4.69, 9.17) is 0 Å². The number of carbonyl (C=O) groups is 1. The van der Waals surface area contributed by atoms with Crippen molar-refractivity contribution in [3.8, 4) is 0 Å². The molecular weight excluding hydrogens is 611 g/mol. The number of hydrogen-bond acceptors (Lipinski definition) is 2. The summed E-state index contributed by atoms with van der Waals surface area (Å²) < 4.78 is 2.40. The molecule has 0 fully saturated rings. The number of rotatable bonds is 40. The normalized spacial score (nSPS) is 13.7. The molecule has 0 aromatic heterocycles. The first-order valence-corrected chi connectivity index (χ1v) is 23.3. The highest BCUT2D eigenvalue weighted by Gasteiger charge is 2.25. The van der Waals surface area contributed by atoms with E-state index in [9.17, 15) is 4.79 Å². The van der Waals surface area contributed by atoms with Crippen molar-refractivity contribution in [3.05, 3.63) is 0 Å². The zero-order valence-electron chi connectivity index (χ0n) is 34.7. The zero-order valence-corrected chi connectivity index (χ0v) is 34.7. The Bertz CT molecular complexity index is 750. The Morgan fingerprint density at radius 1 is 0.500 bits per heavy atom. The molecule has 0 saturated carbocycles. The van der Waals surface area contributed by atoms with Crippen LogP contribution in [-0.2, 0) is 4.79 Å². The Balaban J connectivity index is 1.90. The quantitative estimate of drug-likeness (QED) is 0.0493. The standard InChI is InChI=1S/C46H91N3O/c1-4-6-8-10-12-14-16-18-20-22-23-25-26-28-30-32-34-36-38-40-45-47-42-43-49(45)44(3)48-46(50)41-39-37-35-33-31-29-27-24-21-19-17-15-13-11-9-7-5-2/h44H,4-43H2,1-3H3,(H,48,50)/p+1. The summed E-state index contributed by atoms with van der Waals surface area (Å²) >= 11 is 0. The van der Waals surface area contributed by atoms with Crippen LogP contribution in [0.5, 0.6) is 0 Å². The topological polar surface area (TPSA) is 44.1 Å². The highest BCUT2D eigenvalue weighted by Crippen LogP contribution is 2.17. The van der Waals surface area contributed by atoms with Crippen LogP contribution in [0, 0.1) is 0 Å². The summed E-state index contributed by atoms with van der Waals surface area (Å²) in [5, 5.41) is 6.91. The SMILES string of the molecule is CCCCCCCCCCCCCCCCCCCCCC1=[N+](C(C)NC(=O)CCCCCCCCCCCCCCCCCCC)CCN1. The molecule has 4 heteroatoms. The van der Waals surface area contributed by atoms with Crippen LogP contribution in [0.15, 0.2) is 0 Å². The molecule has 1 aliphatic rings. The van der Waals surface area contributed by atoms with Crippen LogP contribution in [0.4, 0.5) is 0 Å². The van der Waals surface area contributed by atoms with Crippen LogP contribution in [0.3, 0.4) is 0 Å². The van der Waals surface area contributed by atoms with Gasteiger partial charge in [0.15, 0.2) is 6.17 Å². The van der Waals surface area contributed by atoms with Gasteiger partial charge in [-0.25, -0.2) is 4.58 Å². The molecule has 50 heavy (non-hydrogen) atoms. The van der Waals surface area contributed by atoms with Gasteiger partial charge in [0.1, 0.15) is 13.1 Å². The summed E-state index contributed by atoms with van der Waals surface area (Å²) in [6.07, 6.45) is 52.3. The van der Waals surface area contributed by atoms with Gasteiger partial charge in [-0.3, -0.25) is 10.1 Å². The minimum atomic E-state index is 0.0959. The minimum Gasteiger partial charge on any atom is -0.318 e. The Labute approximate surface area is 315 Å². The fraction of sp³-hybridized carbons (Fsp3) is 0.957. The second-order valence-corrected chi connectivity index (χ2v) is 16.3. The molecule has 0 spiro atoms. The van der Waals surface area contributed by atoms with E-state index >= 15 is 0 Å². The van der Waals surface area contributed by atoms with Gasteiger partial charge < -0.3 is 5.32 Å². The van der Waals surface area contributed by atoms with Crippen molar-refractivity contribution in [3.63, 3.8) is 0 Å². The molecule has 0 saturated heterocycles.